The fourth-order valence-electron chi connectivity index (χ4n) is 2.77. The first-order valence-corrected chi connectivity index (χ1v) is 7.12. The lowest BCUT2D eigenvalue weighted by Crippen LogP contribution is -2.15. The maximum absolute atomic E-state index is 12.3. The molecule has 0 spiro atoms. The van der Waals surface area contributed by atoms with Crippen molar-refractivity contribution >= 4 is 22.9 Å². The van der Waals surface area contributed by atoms with Gasteiger partial charge in [0, 0.05) is 5.92 Å². The summed E-state index contributed by atoms with van der Waals surface area (Å²) in [4.78, 5) is 19.8. The van der Waals surface area contributed by atoms with Crippen LogP contribution in [0.4, 0.5) is 5.95 Å². The minimum Gasteiger partial charge on any atom is -0.324 e. The van der Waals surface area contributed by atoms with Crippen molar-refractivity contribution in [2.45, 2.75) is 12.3 Å². The Morgan fingerprint density at radius 3 is 2.67 bits per heavy atom. The highest BCUT2D eigenvalue weighted by atomic mass is 16.2. The molecule has 104 valence electrons. The van der Waals surface area contributed by atoms with Gasteiger partial charge in [0.1, 0.15) is 0 Å². The molecule has 3 aromatic rings. The smallest absolute Gasteiger partial charge is 0.230 e. The Morgan fingerprint density at radius 2 is 1.86 bits per heavy atom. The molecule has 4 nitrogen and oxygen atoms in total. The van der Waals surface area contributed by atoms with E-state index in [1.807, 2.05) is 42.5 Å². The van der Waals surface area contributed by atoms with E-state index in [1.54, 1.807) is 0 Å². The molecule has 1 heterocycles. The molecule has 1 aliphatic rings. The molecule has 1 saturated carbocycles. The molecule has 1 amide bonds. The number of nitrogens with one attached hydrogen (secondary N) is 2. The summed E-state index contributed by atoms with van der Waals surface area (Å²) < 4.78 is 0. The average molecular weight is 277 g/mol. The molecule has 1 fully saturated rings. The Morgan fingerprint density at radius 1 is 1.10 bits per heavy atom. The van der Waals surface area contributed by atoms with Crippen molar-refractivity contribution in [3.05, 3.63) is 60.2 Å². The number of aromatic nitrogens is 2. The van der Waals surface area contributed by atoms with Gasteiger partial charge in [0.05, 0.1) is 11.0 Å². The molecular formula is C17H15N3O. The summed E-state index contributed by atoms with van der Waals surface area (Å²) in [6.45, 7) is 0. The molecule has 1 aromatic heterocycles. The number of amides is 1. The van der Waals surface area contributed by atoms with E-state index in [0.29, 0.717) is 11.9 Å². The van der Waals surface area contributed by atoms with E-state index in [9.17, 15) is 4.79 Å². The van der Waals surface area contributed by atoms with Crippen LogP contribution in [0.3, 0.4) is 0 Å². The van der Waals surface area contributed by atoms with Gasteiger partial charge < -0.3 is 4.98 Å². The standard InChI is InChI=1S/C17H15N3O/c21-16(13-10-12(13)11-6-2-1-3-7-11)20-17-18-14-8-4-5-9-15(14)19-17/h1-9,12-13H,10H2,(H2,18,19,20,21)/t12-,13-/m1/s1. The van der Waals surface area contributed by atoms with Crippen molar-refractivity contribution in [2.24, 2.45) is 5.92 Å². The van der Waals surface area contributed by atoms with E-state index in [4.69, 9.17) is 0 Å². The number of hydrogen-bond donors (Lipinski definition) is 2. The molecule has 2 atom stereocenters. The summed E-state index contributed by atoms with van der Waals surface area (Å²) in [5.74, 6) is 0.971. The van der Waals surface area contributed by atoms with E-state index in [0.717, 1.165) is 17.5 Å². The van der Waals surface area contributed by atoms with Crippen LogP contribution in [0.2, 0.25) is 0 Å². The summed E-state index contributed by atoms with van der Waals surface area (Å²) in [6, 6.07) is 17.9. The summed E-state index contributed by atoms with van der Waals surface area (Å²) in [6.07, 6.45) is 0.913. The summed E-state index contributed by atoms with van der Waals surface area (Å²) >= 11 is 0. The second kappa shape index (κ2) is 4.74. The molecule has 21 heavy (non-hydrogen) atoms. The zero-order valence-corrected chi connectivity index (χ0v) is 11.4. The van der Waals surface area contributed by atoms with Gasteiger partial charge in [-0.05, 0) is 30.0 Å². The second-order valence-electron chi connectivity index (χ2n) is 5.45. The van der Waals surface area contributed by atoms with Crippen molar-refractivity contribution in [3.63, 3.8) is 0 Å². The van der Waals surface area contributed by atoms with E-state index >= 15 is 0 Å². The number of carbonyl (C=O) groups excluding carboxylic acids is 1. The first-order chi connectivity index (χ1) is 10.3. The van der Waals surface area contributed by atoms with Crippen LogP contribution in [0.15, 0.2) is 54.6 Å². The van der Waals surface area contributed by atoms with Crippen LogP contribution in [0, 0.1) is 5.92 Å². The molecule has 0 radical (unpaired) electrons. The Balaban J connectivity index is 1.47. The predicted molar refractivity (Wildman–Crippen MR) is 82.0 cm³/mol. The van der Waals surface area contributed by atoms with Crippen molar-refractivity contribution in [1.29, 1.82) is 0 Å². The average Bonchev–Trinajstić information content (AvgIpc) is 3.22. The molecule has 4 rings (SSSR count). The quantitative estimate of drug-likeness (QED) is 0.771. The van der Waals surface area contributed by atoms with Crippen molar-refractivity contribution in [1.82, 2.24) is 9.97 Å². The van der Waals surface area contributed by atoms with Gasteiger partial charge in [0.25, 0.3) is 0 Å². The topological polar surface area (TPSA) is 57.8 Å². The summed E-state index contributed by atoms with van der Waals surface area (Å²) in [5, 5.41) is 2.89. The van der Waals surface area contributed by atoms with Crippen molar-refractivity contribution in [3.8, 4) is 0 Å². The number of fused-ring (bicyclic) bond motifs is 1. The number of anilines is 1. The highest BCUT2D eigenvalue weighted by Crippen LogP contribution is 2.47. The van der Waals surface area contributed by atoms with Gasteiger partial charge in [0.2, 0.25) is 11.9 Å². The molecule has 2 N–H and O–H groups in total. The number of benzene rings is 2. The Hall–Kier alpha value is -2.62. The maximum atomic E-state index is 12.3. The lowest BCUT2D eigenvalue weighted by atomic mass is 10.1. The van der Waals surface area contributed by atoms with Crippen LogP contribution in [0.5, 0.6) is 0 Å². The molecular weight excluding hydrogens is 262 g/mol. The molecule has 1 aliphatic carbocycles. The van der Waals surface area contributed by atoms with E-state index in [-0.39, 0.29) is 11.8 Å². The fourth-order valence-corrected chi connectivity index (χ4v) is 2.77. The number of rotatable bonds is 3. The SMILES string of the molecule is O=C(Nc1nc2ccccc2[nH]1)[C@@H]1C[C@@H]1c1ccccc1. The van der Waals surface area contributed by atoms with Crippen LogP contribution >= 0.6 is 0 Å². The highest BCUT2D eigenvalue weighted by molar-refractivity contribution is 5.95. The van der Waals surface area contributed by atoms with Gasteiger partial charge in [0.15, 0.2) is 0 Å². The minimum absolute atomic E-state index is 0.0444. The van der Waals surface area contributed by atoms with Crippen molar-refractivity contribution < 1.29 is 4.79 Å². The fraction of sp³-hybridized carbons (Fsp3) is 0.176. The van der Waals surface area contributed by atoms with Crippen molar-refractivity contribution in [2.75, 3.05) is 5.32 Å². The predicted octanol–water partition coefficient (Wildman–Crippen LogP) is 3.31. The van der Waals surface area contributed by atoms with Gasteiger partial charge in [-0.25, -0.2) is 4.98 Å². The van der Waals surface area contributed by atoms with Gasteiger partial charge >= 0.3 is 0 Å². The first-order valence-electron chi connectivity index (χ1n) is 7.12. The zero-order chi connectivity index (χ0) is 14.2. The van der Waals surface area contributed by atoms with E-state index < -0.39 is 0 Å². The van der Waals surface area contributed by atoms with E-state index in [1.165, 1.54) is 5.56 Å². The Bertz CT molecular complexity index is 761. The van der Waals surface area contributed by atoms with Gasteiger partial charge in [-0.2, -0.15) is 0 Å². The number of aromatic amines is 1. The number of imidazole rings is 1. The van der Waals surface area contributed by atoms with Gasteiger partial charge in [-0.1, -0.05) is 42.5 Å². The molecule has 0 aliphatic heterocycles. The maximum Gasteiger partial charge on any atom is 0.230 e. The van der Waals surface area contributed by atoms with Gasteiger partial charge in [-0.3, -0.25) is 10.1 Å². The lowest BCUT2D eigenvalue weighted by molar-refractivity contribution is -0.117. The molecule has 4 heteroatoms. The molecule has 2 aromatic carbocycles. The van der Waals surface area contributed by atoms with Gasteiger partial charge in [-0.15, -0.1) is 0 Å². The number of H-pyrrole nitrogens is 1. The van der Waals surface area contributed by atoms with Crippen LogP contribution < -0.4 is 5.32 Å². The van der Waals surface area contributed by atoms with Crippen LogP contribution in [0.25, 0.3) is 11.0 Å². The zero-order valence-electron chi connectivity index (χ0n) is 11.4. The Kier molecular flexibility index (Phi) is 2.74. The normalized spacial score (nSPS) is 20.4. The second-order valence-corrected chi connectivity index (χ2v) is 5.45. The third kappa shape index (κ3) is 2.29. The Labute approximate surface area is 122 Å². The molecule has 0 saturated heterocycles. The highest BCUT2D eigenvalue weighted by Gasteiger charge is 2.44. The van der Waals surface area contributed by atoms with Crippen LogP contribution in [0.1, 0.15) is 17.9 Å². The third-order valence-electron chi connectivity index (χ3n) is 3.99. The van der Waals surface area contributed by atoms with Crippen LogP contribution in [-0.4, -0.2) is 15.9 Å². The summed E-state index contributed by atoms with van der Waals surface area (Å²) in [5.41, 5.74) is 3.04. The first kappa shape index (κ1) is 12.1. The summed E-state index contributed by atoms with van der Waals surface area (Å²) in [7, 11) is 0. The largest absolute Gasteiger partial charge is 0.324 e. The third-order valence-corrected chi connectivity index (χ3v) is 3.99. The monoisotopic (exact) mass is 277 g/mol. The molecule has 0 bridgehead atoms. The number of hydrogen-bond acceptors (Lipinski definition) is 2. The minimum atomic E-state index is 0.0444. The van der Waals surface area contributed by atoms with Crippen LogP contribution in [-0.2, 0) is 4.79 Å². The number of nitrogens with zero attached hydrogens (tertiary/aromatic N) is 1. The lowest BCUT2D eigenvalue weighted by Gasteiger charge is -2.01. The number of carbonyl (C=O) groups is 1. The van der Waals surface area contributed by atoms with E-state index in [2.05, 4.69) is 27.4 Å². The number of para-hydroxylation sites is 2. The molecule has 0 unspecified atom stereocenters.